The molecule has 0 bridgehead atoms. The van der Waals surface area contributed by atoms with Crippen molar-refractivity contribution in [2.75, 3.05) is 14.2 Å². The molecule has 1 aliphatic carbocycles. The summed E-state index contributed by atoms with van der Waals surface area (Å²) in [6.45, 7) is 5.32. The standard InChI is InChI=1S/C18H25NO6/c1-18(2,3)25-17(22)19-12-9-11(16(20)21)14(12)10-7-6-8-13(23-4)15(10)24-5/h6-8,11-12,14H,9H2,1-5H3,(H,19,22)(H,20,21). The van der Waals surface area contributed by atoms with Gasteiger partial charge in [-0.2, -0.15) is 0 Å². The number of ether oxygens (including phenoxy) is 3. The van der Waals surface area contributed by atoms with Crippen molar-refractivity contribution in [1.29, 1.82) is 0 Å². The molecule has 1 saturated carbocycles. The number of carbonyl (C=O) groups excluding carboxylic acids is 1. The van der Waals surface area contributed by atoms with Gasteiger partial charge < -0.3 is 24.6 Å². The lowest BCUT2D eigenvalue weighted by Crippen LogP contribution is -2.54. The molecule has 25 heavy (non-hydrogen) atoms. The summed E-state index contributed by atoms with van der Waals surface area (Å²) >= 11 is 0. The van der Waals surface area contributed by atoms with E-state index >= 15 is 0 Å². The largest absolute Gasteiger partial charge is 0.493 e. The van der Waals surface area contributed by atoms with Gasteiger partial charge in [0.2, 0.25) is 0 Å². The number of para-hydroxylation sites is 1. The monoisotopic (exact) mass is 351 g/mol. The van der Waals surface area contributed by atoms with E-state index in [1.807, 2.05) is 0 Å². The second kappa shape index (κ2) is 7.21. The van der Waals surface area contributed by atoms with Gasteiger partial charge in [-0.05, 0) is 33.3 Å². The number of rotatable bonds is 5. The molecule has 3 atom stereocenters. The molecule has 138 valence electrons. The van der Waals surface area contributed by atoms with Crippen molar-refractivity contribution in [1.82, 2.24) is 5.32 Å². The lowest BCUT2D eigenvalue weighted by molar-refractivity contribution is -0.146. The Bertz CT molecular complexity index is 651. The van der Waals surface area contributed by atoms with Crippen molar-refractivity contribution in [2.24, 2.45) is 5.92 Å². The average Bonchev–Trinajstić information content (AvgIpc) is 2.48. The Kier molecular flexibility index (Phi) is 5.45. The highest BCUT2D eigenvalue weighted by Gasteiger charge is 2.48. The molecule has 1 aromatic rings. The molecule has 0 radical (unpaired) electrons. The van der Waals surface area contributed by atoms with E-state index in [2.05, 4.69) is 5.32 Å². The SMILES string of the molecule is COc1cccc(C2C(NC(=O)OC(C)(C)C)CC2C(=O)O)c1OC. The lowest BCUT2D eigenvalue weighted by atomic mass is 9.65. The molecule has 1 amide bonds. The van der Waals surface area contributed by atoms with Gasteiger partial charge in [0.25, 0.3) is 0 Å². The van der Waals surface area contributed by atoms with Crippen LogP contribution in [-0.4, -0.2) is 43.0 Å². The Morgan fingerprint density at radius 2 is 1.88 bits per heavy atom. The first-order valence-corrected chi connectivity index (χ1v) is 8.11. The number of carboxylic acids is 1. The van der Waals surface area contributed by atoms with Crippen LogP contribution in [0.5, 0.6) is 11.5 Å². The maximum absolute atomic E-state index is 12.1. The molecule has 0 spiro atoms. The predicted molar refractivity (Wildman–Crippen MR) is 91.2 cm³/mol. The molecule has 0 heterocycles. The third-order valence-electron chi connectivity index (χ3n) is 4.19. The van der Waals surface area contributed by atoms with E-state index in [1.165, 1.54) is 14.2 Å². The Hall–Kier alpha value is -2.44. The highest BCUT2D eigenvalue weighted by molar-refractivity contribution is 5.76. The van der Waals surface area contributed by atoms with Gasteiger partial charge in [0.1, 0.15) is 5.60 Å². The van der Waals surface area contributed by atoms with Crippen LogP contribution in [0.15, 0.2) is 18.2 Å². The molecule has 0 saturated heterocycles. The van der Waals surface area contributed by atoms with E-state index in [1.54, 1.807) is 39.0 Å². The van der Waals surface area contributed by atoms with Gasteiger partial charge in [-0.3, -0.25) is 4.79 Å². The minimum Gasteiger partial charge on any atom is -0.493 e. The number of carboxylic acid groups (broad SMARTS) is 1. The van der Waals surface area contributed by atoms with Crippen LogP contribution in [0.2, 0.25) is 0 Å². The number of alkyl carbamates (subject to hydrolysis) is 1. The first kappa shape index (κ1) is 18.9. The van der Waals surface area contributed by atoms with Crippen LogP contribution in [0.4, 0.5) is 4.79 Å². The lowest BCUT2D eigenvalue weighted by Gasteiger charge is -2.43. The third-order valence-corrected chi connectivity index (χ3v) is 4.19. The quantitative estimate of drug-likeness (QED) is 0.847. The van der Waals surface area contributed by atoms with E-state index < -0.39 is 29.5 Å². The van der Waals surface area contributed by atoms with Crippen LogP contribution in [0, 0.1) is 5.92 Å². The minimum absolute atomic E-state index is 0.333. The third kappa shape index (κ3) is 4.15. The van der Waals surface area contributed by atoms with Crippen molar-refractivity contribution < 1.29 is 28.9 Å². The predicted octanol–water partition coefficient (Wildman–Crippen LogP) is 2.79. The van der Waals surface area contributed by atoms with Crippen molar-refractivity contribution in [3.8, 4) is 11.5 Å². The number of benzene rings is 1. The molecule has 1 aromatic carbocycles. The summed E-state index contributed by atoms with van der Waals surface area (Å²) in [7, 11) is 3.03. The maximum Gasteiger partial charge on any atom is 0.407 e. The Morgan fingerprint density at radius 3 is 2.40 bits per heavy atom. The Balaban J connectivity index is 2.28. The molecule has 0 aromatic heterocycles. The van der Waals surface area contributed by atoms with E-state index in [0.29, 0.717) is 23.5 Å². The zero-order valence-electron chi connectivity index (χ0n) is 15.2. The summed E-state index contributed by atoms with van der Waals surface area (Å²) in [6.07, 6.45) is -0.229. The zero-order valence-corrected chi connectivity index (χ0v) is 15.2. The number of carbonyl (C=O) groups is 2. The van der Waals surface area contributed by atoms with Crippen molar-refractivity contribution in [3.05, 3.63) is 23.8 Å². The number of amides is 1. The fraction of sp³-hybridized carbons (Fsp3) is 0.556. The number of methoxy groups -OCH3 is 2. The fourth-order valence-corrected chi connectivity index (χ4v) is 3.12. The van der Waals surface area contributed by atoms with Crippen LogP contribution in [0.3, 0.4) is 0 Å². The first-order chi connectivity index (χ1) is 11.7. The number of nitrogens with one attached hydrogen (secondary N) is 1. The van der Waals surface area contributed by atoms with Crippen LogP contribution < -0.4 is 14.8 Å². The summed E-state index contributed by atoms with van der Waals surface area (Å²) in [5.41, 5.74) is 0.0740. The summed E-state index contributed by atoms with van der Waals surface area (Å²) < 4.78 is 16.0. The van der Waals surface area contributed by atoms with Crippen LogP contribution in [0.1, 0.15) is 38.7 Å². The molecule has 3 unspecified atom stereocenters. The molecule has 7 heteroatoms. The molecule has 2 N–H and O–H groups in total. The highest BCUT2D eigenvalue weighted by Crippen LogP contribution is 2.48. The maximum atomic E-state index is 12.1. The van der Waals surface area contributed by atoms with Crippen LogP contribution >= 0.6 is 0 Å². The number of hydrogen-bond donors (Lipinski definition) is 2. The molecule has 7 nitrogen and oxygen atoms in total. The molecule has 2 rings (SSSR count). The van der Waals surface area contributed by atoms with Crippen LogP contribution in [0.25, 0.3) is 0 Å². The normalized spacial score (nSPS) is 22.5. The van der Waals surface area contributed by atoms with Crippen molar-refractivity contribution in [3.63, 3.8) is 0 Å². The summed E-state index contributed by atoms with van der Waals surface area (Å²) in [5.74, 6) is -0.933. The Labute approximate surface area is 147 Å². The van der Waals surface area contributed by atoms with Gasteiger partial charge in [-0.1, -0.05) is 12.1 Å². The van der Waals surface area contributed by atoms with E-state index in [-0.39, 0.29) is 6.04 Å². The summed E-state index contributed by atoms with van der Waals surface area (Å²) in [5, 5.41) is 12.3. The smallest absolute Gasteiger partial charge is 0.407 e. The Morgan fingerprint density at radius 1 is 1.20 bits per heavy atom. The van der Waals surface area contributed by atoms with Crippen molar-refractivity contribution >= 4 is 12.1 Å². The molecule has 1 fully saturated rings. The summed E-state index contributed by atoms with van der Waals surface area (Å²) in [4.78, 5) is 23.6. The zero-order chi connectivity index (χ0) is 18.8. The van der Waals surface area contributed by atoms with Crippen LogP contribution in [-0.2, 0) is 9.53 Å². The first-order valence-electron chi connectivity index (χ1n) is 8.11. The van der Waals surface area contributed by atoms with Gasteiger partial charge in [0.05, 0.1) is 20.1 Å². The van der Waals surface area contributed by atoms with Gasteiger partial charge in [-0.15, -0.1) is 0 Å². The average molecular weight is 351 g/mol. The molecular formula is C18H25NO6. The van der Waals surface area contributed by atoms with E-state index in [9.17, 15) is 14.7 Å². The van der Waals surface area contributed by atoms with Gasteiger partial charge in [0.15, 0.2) is 11.5 Å². The topological polar surface area (TPSA) is 94.1 Å². The fourth-order valence-electron chi connectivity index (χ4n) is 3.12. The van der Waals surface area contributed by atoms with E-state index in [0.717, 1.165) is 0 Å². The second-order valence-electron chi connectivity index (χ2n) is 7.04. The second-order valence-corrected chi connectivity index (χ2v) is 7.04. The summed E-state index contributed by atoms with van der Waals surface area (Å²) in [6, 6.07) is 4.97. The minimum atomic E-state index is -0.905. The van der Waals surface area contributed by atoms with Gasteiger partial charge >= 0.3 is 12.1 Å². The molecule has 0 aliphatic heterocycles. The highest BCUT2D eigenvalue weighted by atomic mass is 16.6. The van der Waals surface area contributed by atoms with Gasteiger partial charge in [0, 0.05) is 17.5 Å². The van der Waals surface area contributed by atoms with E-state index in [4.69, 9.17) is 14.2 Å². The van der Waals surface area contributed by atoms with Gasteiger partial charge in [-0.25, -0.2) is 4.79 Å². The molecule has 1 aliphatic rings. The van der Waals surface area contributed by atoms with Crippen molar-refractivity contribution in [2.45, 2.75) is 44.8 Å². The number of aliphatic carboxylic acids is 1. The molecular weight excluding hydrogens is 326 g/mol. The number of hydrogen-bond acceptors (Lipinski definition) is 5.